The molecular formula is C31H36FN9O2. The Morgan fingerprint density at radius 2 is 2.07 bits per heavy atom. The van der Waals surface area contributed by atoms with Crippen molar-refractivity contribution >= 4 is 40.0 Å². The van der Waals surface area contributed by atoms with Crippen LogP contribution in [0.2, 0.25) is 0 Å². The van der Waals surface area contributed by atoms with Gasteiger partial charge in [0.05, 0.1) is 54.5 Å². The van der Waals surface area contributed by atoms with E-state index in [1.54, 1.807) is 36.3 Å². The number of hydrogen-bond donors (Lipinski definition) is 4. The van der Waals surface area contributed by atoms with Crippen molar-refractivity contribution in [1.82, 2.24) is 30.0 Å². The molecule has 6 rings (SSSR count). The third-order valence-electron chi connectivity index (χ3n) is 8.16. The van der Waals surface area contributed by atoms with E-state index < -0.39 is 11.9 Å². The van der Waals surface area contributed by atoms with Crippen LogP contribution < -0.4 is 20.9 Å². The fourth-order valence-corrected chi connectivity index (χ4v) is 6.05. The van der Waals surface area contributed by atoms with E-state index in [1.165, 1.54) is 6.07 Å². The number of halogens is 1. The van der Waals surface area contributed by atoms with Crippen LogP contribution in [-0.2, 0) is 17.8 Å². The number of rotatable bonds is 9. The highest BCUT2D eigenvalue weighted by Crippen LogP contribution is 2.37. The lowest BCUT2D eigenvalue weighted by Crippen LogP contribution is -2.55. The minimum absolute atomic E-state index is 0.0284. The molecule has 3 atom stereocenters. The minimum atomic E-state index is -0.642. The van der Waals surface area contributed by atoms with Crippen LogP contribution >= 0.6 is 0 Å². The first kappa shape index (κ1) is 28.6. The predicted octanol–water partition coefficient (Wildman–Crippen LogP) is 3.22. The number of anilines is 4. The van der Waals surface area contributed by atoms with E-state index in [0.29, 0.717) is 43.8 Å². The van der Waals surface area contributed by atoms with E-state index in [-0.39, 0.29) is 36.2 Å². The molecule has 43 heavy (non-hydrogen) atoms. The summed E-state index contributed by atoms with van der Waals surface area (Å²) in [6.45, 7) is 8.31. The zero-order valence-corrected chi connectivity index (χ0v) is 24.3. The number of allylic oxidation sites excluding steroid dienone is 1. The molecule has 224 valence electrons. The van der Waals surface area contributed by atoms with Gasteiger partial charge in [0.25, 0.3) is 0 Å². The van der Waals surface area contributed by atoms with E-state index in [9.17, 15) is 9.90 Å². The molecule has 2 aromatic heterocycles. The molecule has 0 saturated carbocycles. The van der Waals surface area contributed by atoms with E-state index in [0.717, 1.165) is 22.3 Å². The number of nitrogens with one attached hydrogen (secondary N) is 3. The second kappa shape index (κ2) is 12.0. The molecule has 0 spiro atoms. The molecule has 0 radical (unpaired) electrons. The molecule has 12 heteroatoms. The van der Waals surface area contributed by atoms with Crippen LogP contribution in [0.4, 0.5) is 27.5 Å². The van der Waals surface area contributed by atoms with Crippen molar-refractivity contribution in [2.45, 2.75) is 38.1 Å². The molecule has 1 aliphatic heterocycles. The Labute approximate surface area is 249 Å². The molecule has 1 saturated heterocycles. The van der Waals surface area contributed by atoms with E-state index >= 15 is 4.39 Å². The van der Waals surface area contributed by atoms with Gasteiger partial charge in [0.1, 0.15) is 5.82 Å². The van der Waals surface area contributed by atoms with Crippen LogP contribution in [0.15, 0.2) is 61.4 Å². The Balaban J connectivity index is 1.33. The Morgan fingerprint density at radius 1 is 1.23 bits per heavy atom. The maximum atomic E-state index is 15.1. The van der Waals surface area contributed by atoms with Crippen molar-refractivity contribution < 1.29 is 14.3 Å². The highest BCUT2D eigenvalue weighted by atomic mass is 19.1. The first-order valence-corrected chi connectivity index (χ1v) is 14.5. The summed E-state index contributed by atoms with van der Waals surface area (Å²) in [5.41, 5.74) is 3.81. The molecule has 2 aromatic carbocycles. The smallest absolute Gasteiger partial charge is 0.236 e. The van der Waals surface area contributed by atoms with Gasteiger partial charge in [-0.15, -0.1) is 6.58 Å². The fraction of sp³-hybridized carbons (Fsp3) is 0.355. The number of aliphatic hydroxyl groups is 1. The monoisotopic (exact) mass is 585 g/mol. The highest BCUT2D eigenvalue weighted by Gasteiger charge is 2.33. The number of fused-ring (bicyclic) bond motifs is 2. The summed E-state index contributed by atoms with van der Waals surface area (Å²) in [6.07, 6.45) is 4.95. The molecule has 11 nitrogen and oxygen atoms in total. The molecule has 0 bridgehead atoms. The van der Waals surface area contributed by atoms with Crippen LogP contribution in [-0.4, -0.2) is 81.0 Å². The second-order valence-corrected chi connectivity index (χ2v) is 11.1. The van der Waals surface area contributed by atoms with Gasteiger partial charge in [-0.3, -0.25) is 9.48 Å². The number of carbonyl (C=O) groups excluding carboxylic acids is 1. The molecule has 1 amide bonds. The van der Waals surface area contributed by atoms with Crippen molar-refractivity contribution in [3.05, 3.63) is 78.4 Å². The highest BCUT2D eigenvalue weighted by molar-refractivity contribution is 5.84. The number of benzene rings is 2. The number of hydrogen-bond acceptors (Lipinski definition) is 9. The average molecular weight is 586 g/mol. The topological polar surface area (TPSA) is 123 Å². The summed E-state index contributed by atoms with van der Waals surface area (Å²) in [7, 11) is 1.76. The number of likely N-dealkylation sites (N-methyl/N-ethyl adjacent to an activating group) is 1. The van der Waals surface area contributed by atoms with Crippen LogP contribution in [0.1, 0.15) is 24.1 Å². The van der Waals surface area contributed by atoms with E-state index in [4.69, 9.17) is 4.98 Å². The summed E-state index contributed by atoms with van der Waals surface area (Å²) in [5.74, 6) is 0.321. The number of amides is 1. The Kier molecular flexibility index (Phi) is 7.96. The Hall–Kier alpha value is -4.55. The summed E-state index contributed by atoms with van der Waals surface area (Å²) in [6, 6.07) is 10.7. The average Bonchev–Trinajstić information content (AvgIpc) is 3.52. The molecule has 4 aromatic rings. The maximum Gasteiger partial charge on any atom is 0.236 e. The SMILES string of the molecule is C=CCn1ncc2cc(F)c(Nc3ncc(N4CCN(C(=O)CNC)[C@@H](C)C4)c(N[C@H]4c5ccccc5C[C@H]4O)n3)cc21. The lowest BCUT2D eigenvalue weighted by atomic mass is 10.1. The predicted molar refractivity (Wildman–Crippen MR) is 165 cm³/mol. The zero-order valence-electron chi connectivity index (χ0n) is 24.3. The number of nitrogens with zero attached hydrogens (tertiary/aromatic N) is 6. The molecule has 1 aliphatic carbocycles. The Morgan fingerprint density at radius 3 is 2.86 bits per heavy atom. The van der Waals surface area contributed by atoms with E-state index in [1.807, 2.05) is 36.1 Å². The van der Waals surface area contributed by atoms with Gasteiger partial charge < -0.3 is 30.9 Å². The molecule has 0 unspecified atom stereocenters. The van der Waals surface area contributed by atoms with Gasteiger partial charge in [-0.05, 0) is 37.2 Å². The van der Waals surface area contributed by atoms with Gasteiger partial charge in [-0.1, -0.05) is 30.3 Å². The summed E-state index contributed by atoms with van der Waals surface area (Å²) in [4.78, 5) is 26.0. The summed E-state index contributed by atoms with van der Waals surface area (Å²) >= 11 is 0. The van der Waals surface area contributed by atoms with Crippen molar-refractivity contribution in [3.63, 3.8) is 0 Å². The van der Waals surface area contributed by atoms with Crippen molar-refractivity contribution in [2.75, 3.05) is 48.8 Å². The second-order valence-electron chi connectivity index (χ2n) is 11.1. The molecule has 1 fully saturated rings. The molecular weight excluding hydrogens is 549 g/mol. The normalized spacial score (nSPS) is 19.9. The van der Waals surface area contributed by atoms with Gasteiger partial charge in [-0.2, -0.15) is 10.1 Å². The van der Waals surface area contributed by atoms with Gasteiger partial charge >= 0.3 is 0 Å². The maximum absolute atomic E-state index is 15.1. The summed E-state index contributed by atoms with van der Waals surface area (Å²) < 4.78 is 16.9. The zero-order chi connectivity index (χ0) is 30.1. The lowest BCUT2D eigenvalue weighted by molar-refractivity contribution is -0.132. The Bertz CT molecular complexity index is 1660. The first-order chi connectivity index (χ1) is 20.9. The van der Waals surface area contributed by atoms with Crippen molar-refractivity contribution in [2.24, 2.45) is 0 Å². The van der Waals surface area contributed by atoms with Gasteiger partial charge in [0.15, 0.2) is 5.82 Å². The quantitative estimate of drug-likeness (QED) is 0.219. The fourth-order valence-electron chi connectivity index (χ4n) is 6.05. The van der Waals surface area contributed by atoms with Gasteiger partial charge in [0, 0.05) is 37.5 Å². The molecule has 2 aliphatic rings. The third-order valence-corrected chi connectivity index (χ3v) is 8.16. The molecule has 4 N–H and O–H groups in total. The number of aromatic nitrogens is 4. The molecule has 3 heterocycles. The van der Waals surface area contributed by atoms with Crippen LogP contribution in [0.3, 0.4) is 0 Å². The van der Waals surface area contributed by atoms with Crippen LogP contribution in [0, 0.1) is 5.82 Å². The van der Waals surface area contributed by atoms with Crippen LogP contribution in [0.25, 0.3) is 10.9 Å². The largest absolute Gasteiger partial charge is 0.390 e. The van der Waals surface area contributed by atoms with Crippen molar-refractivity contribution in [1.29, 1.82) is 0 Å². The summed E-state index contributed by atoms with van der Waals surface area (Å²) in [5, 5.41) is 25.5. The number of piperazine rings is 1. The van der Waals surface area contributed by atoms with Crippen molar-refractivity contribution in [3.8, 4) is 0 Å². The number of aliphatic hydroxyl groups excluding tert-OH is 1. The first-order valence-electron chi connectivity index (χ1n) is 14.5. The third kappa shape index (κ3) is 5.63. The number of carbonyl (C=O) groups is 1. The van der Waals surface area contributed by atoms with E-state index in [2.05, 4.69) is 37.5 Å². The van der Waals surface area contributed by atoms with Gasteiger partial charge in [-0.25, -0.2) is 9.37 Å². The lowest BCUT2D eigenvalue weighted by Gasteiger charge is -2.41. The minimum Gasteiger partial charge on any atom is -0.390 e. The van der Waals surface area contributed by atoms with Gasteiger partial charge in [0.2, 0.25) is 11.9 Å². The van der Waals surface area contributed by atoms with Crippen LogP contribution in [0.5, 0.6) is 0 Å². The standard InChI is InChI=1S/C31H36FN9O2/c1-4-9-41-25-14-24(23(32)12-21(25)15-35-41)36-31-34-16-26(39-10-11-40(19(2)18-39)28(43)17-33-3)30(38-31)37-29-22-8-6-5-7-20(22)13-27(29)42/h4-8,12,14-16,19,27,29,33,42H,1,9-11,13,17-18H2,2-3H3,(H2,34,36,37,38)/t19-,27+,29-/m0/s1.